The fourth-order valence-electron chi connectivity index (χ4n) is 4.95. The molecule has 3 aromatic rings. The molecule has 0 spiro atoms. The van der Waals surface area contributed by atoms with Gasteiger partial charge in [0.1, 0.15) is 5.82 Å². The minimum absolute atomic E-state index is 0.0646. The molecule has 35 heavy (non-hydrogen) atoms. The van der Waals surface area contributed by atoms with Crippen molar-refractivity contribution in [1.82, 2.24) is 24.2 Å². The molecule has 188 valence electrons. The highest BCUT2D eigenvalue weighted by atomic mass is 32.2. The van der Waals surface area contributed by atoms with Crippen LogP contribution in [0.2, 0.25) is 0 Å². The smallest absolute Gasteiger partial charge is 0.262 e. The van der Waals surface area contributed by atoms with Gasteiger partial charge in [-0.2, -0.15) is 5.10 Å². The Morgan fingerprint density at radius 2 is 1.86 bits per heavy atom. The number of hydrogen-bond acceptors (Lipinski definition) is 6. The van der Waals surface area contributed by atoms with Gasteiger partial charge in [0.05, 0.1) is 28.9 Å². The lowest BCUT2D eigenvalue weighted by atomic mass is 10.2. The molecule has 0 atom stereocenters. The van der Waals surface area contributed by atoms with Crippen LogP contribution < -0.4 is 10.9 Å². The van der Waals surface area contributed by atoms with E-state index in [1.54, 1.807) is 10.8 Å². The molecular formula is C26H36N6O2S. The number of anilines is 1. The van der Waals surface area contributed by atoms with Gasteiger partial charge in [-0.15, -0.1) is 0 Å². The second-order valence-corrected chi connectivity index (χ2v) is 10.7. The van der Waals surface area contributed by atoms with E-state index >= 15 is 0 Å². The molecule has 0 radical (unpaired) electrons. The zero-order chi connectivity index (χ0) is 24.9. The van der Waals surface area contributed by atoms with Crippen LogP contribution in [0.3, 0.4) is 0 Å². The third-order valence-corrected chi connectivity index (χ3v) is 7.65. The summed E-state index contributed by atoms with van der Waals surface area (Å²) in [5.41, 5.74) is 0.589. The summed E-state index contributed by atoms with van der Waals surface area (Å²) in [5.74, 6) is 0.768. The maximum Gasteiger partial charge on any atom is 0.262 e. The summed E-state index contributed by atoms with van der Waals surface area (Å²) >= 11 is 1.30. The number of benzene rings is 1. The molecule has 1 saturated carbocycles. The van der Waals surface area contributed by atoms with Gasteiger partial charge in [0, 0.05) is 31.2 Å². The van der Waals surface area contributed by atoms with Crippen LogP contribution in [0, 0.1) is 0 Å². The number of para-hydroxylation sites is 1. The Labute approximate surface area is 211 Å². The molecule has 0 aliphatic heterocycles. The fourth-order valence-corrected chi connectivity index (χ4v) is 5.77. The van der Waals surface area contributed by atoms with Crippen molar-refractivity contribution in [3.05, 3.63) is 46.9 Å². The van der Waals surface area contributed by atoms with Crippen molar-refractivity contribution >= 4 is 34.4 Å². The van der Waals surface area contributed by atoms with E-state index in [1.165, 1.54) is 24.6 Å². The molecule has 0 unspecified atom stereocenters. The maximum absolute atomic E-state index is 13.4. The van der Waals surface area contributed by atoms with Crippen LogP contribution in [0.15, 0.2) is 46.5 Å². The van der Waals surface area contributed by atoms with Gasteiger partial charge in [0.25, 0.3) is 5.56 Å². The van der Waals surface area contributed by atoms with Crippen molar-refractivity contribution in [3.63, 3.8) is 0 Å². The monoisotopic (exact) mass is 496 g/mol. The third-order valence-electron chi connectivity index (χ3n) is 6.68. The SMILES string of the molecule is CC(C)N(CCn1c(SCC(=O)Nc2ccnn2C2CCCC2)nc2ccccc2c1=O)C(C)C. The van der Waals surface area contributed by atoms with Gasteiger partial charge in [-0.25, -0.2) is 9.67 Å². The largest absolute Gasteiger partial charge is 0.310 e. The molecule has 1 aromatic carbocycles. The van der Waals surface area contributed by atoms with Crippen molar-refractivity contribution in [2.24, 2.45) is 0 Å². The molecule has 2 aromatic heterocycles. The molecule has 1 aliphatic rings. The molecule has 1 N–H and O–H groups in total. The highest BCUT2D eigenvalue weighted by molar-refractivity contribution is 7.99. The van der Waals surface area contributed by atoms with Crippen molar-refractivity contribution in [1.29, 1.82) is 0 Å². The molecule has 0 bridgehead atoms. The fraction of sp³-hybridized carbons (Fsp3) is 0.538. The first-order chi connectivity index (χ1) is 16.8. The van der Waals surface area contributed by atoms with Crippen LogP contribution in [0.5, 0.6) is 0 Å². The lowest BCUT2D eigenvalue weighted by Gasteiger charge is -2.30. The van der Waals surface area contributed by atoms with Crippen molar-refractivity contribution in [2.75, 3.05) is 17.6 Å². The maximum atomic E-state index is 13.4. The summed E-state index contributed by atoms with van der Waals surface area (Å²) in [6.45, 7) is 9.91. The Hall–Kier alpha value is -2.65. The van der Waals surface area contributed by atoms with E-state index in [-0.39, 0.29) is 17.2 Å². The van der Waals surface area contributed by atoms with E-state index in [0.717, 1.165) is 25.2 Å². The molecule has 2 heterocycles. The van der Waals surface area contributed by atoms with E-state index in [2.05, 4.69) is 43.0 Å². The van der Waals surface area contributed by atoms with E-state index in [1.807, 2.05) is 35.0 Å². The number of nitrogens with zero attached hydrogens (tertiary/aromatic N) is 5. The number of hydrogen-bond donors (Lipinski definition) is 1. The minimum Gasteiger partial charge on any atom is -0.310 e. The van der Waals surface area contributed by atoms with Gasteiger partial charge >= 0.3 is 0 Å². The first-order valence-electron chi connectivity index (χ1n) is 12.6. The van der Waals surface area contributed by atoms with E-state index in [0.29, 0.717) is 40.7 Å². The Kier molecular flexibility index (Phi) is 8.28. The Balaban J connectivity index is 1.52. The number of rotatable bonds is 10. The lowest BCUT2D eigenvalue weighted by Crippen LogP contribution is -2.40. The first-order valence-corrected chi connectivity index (χ1v) is 13.5. The number of fused-ring (bicyclic) bond motifs is 1. The Morgan fingerprint density at radius 3 is 2.57 bits per heavy atom. The molecule has 1 amide bonds. The first kappa shape index (κ1) is 25.4. The van der Waals surface area contributed by atoms with Crippen LogP contribution >= 0.6 is 11.8 Å². The molecule has 1 aliphatic carbocycles. The van der Waals surface area contributed by atoms with E-state index < -0.39 is 0 Å². The summed E-state index contributed by atoms with van der Waals surface area (Å²) in [6.07, 6.45) is 6.32. The highest BCUT2D eigenvalue weighted by Gasteiger charge is 2.21. The zero-order valence-electron chi connectivity index (χ0n) is 21.1. The van der Waals surface area contributed by atoms with Crippen molar-refractivity contribution < 1.29 is 4.79 Å². The average molecular weight is 497 g/mol. The molecule has 8 nitrogen and oxygen atoms in total. The second kappa shape index (κ2) is 11.4. The molecular weight excluding hydrogens is 460 g/mol. The summed E-state index contributed by atoms with van der Waals surface area (Å²) in [7, 11) is 0. The number of carbonyl (C=O) groups is 1. The van der Waals surface area contributed by atoms with Gasteiger partial charge in [-0.1, -0.05) is 36.7 Å². The summed E-state index contributed by atoms with van der Waals surface area (Å²) in [5, 5.41) is 8.61. The predicted molar refractivity (Wildman–Crippen MR) is 142 cm³/mol. The minimum atomic E-state index is -0.130. The van der Waals surface area contributed by atoms with Crippen LogP contribution in [0.4, 0.5) is 5.82 Å². The molecule has 9 heteroatoms. The van der Waals surface area contributed by atoms with Crippen LogP contribution in [-0.4, -0.2) is 54.5 Å². The quantitative estimate of drug-likeness (QED) is 0.327. The summed E-state index contributed by atoms with van der Waals surface area (Å²) in [6, 6.07) is 10.3. The van der Waals surface area contributed by atoms with Gasteiger partial charge in [0.15, 0.2) is 5.16 Å². The second-order valence-electron chi connectivity index (χ2n) is 9.73. The number of amides is 1. The molecule has 0 saturated heterocycles. The van der Waals surface area contributed by atoms with Crippen molar-refractivity contribution in [3.8, 4) is 0 Å². The zero-order valence-corrected chi connectivity index (χ0v) is 21.9. The Morgan fingerprint density at radius 1 is 1.14 bits per heavy atom. The lowest BCUT2D eigenvalue weighted by molar-refractivity contribution is -0.113. The normalized spacial score (nSPS) is 14.6. The average Bonchev–Trinajstić information content (AvgIpc) is 3.51. The van der Waals surface area contributed by atoms with Gasteiger partial charge < -0.3 is 5.32 Å². The van der Waals surface area contributed by atoms with Crippen LogP contribution in [-0.2, 0) is 11.3 Å². The predicted octanol–water partition coefficient (Wildman–Crippen LogP) is 4.56. The Bertz CT molecular complexity index is 1200. The van der Waals surface area contributed by atoms with Crippen LogP contribution in [0.25, 0.3) is 10.9 Å². The molecule has 1 fully saturated rings. The highest BCUT2D eigenvalue weighted by Crippen LogP contribution is 2.31. The summed E-state index contributed by atoms with van der Waals surface area (Å²) < 4.78 is 3.66. The number of carbonyl (C=O) groups excluding carboxylic acids is 1. The molecule has 4 rings (SSSR count). The topological polar surface area (TPSA) is 85.1 Å². The van der Waals surface area contributed by atoms with Gasteiger partial charge in [-0.3, -0.25) is 19.1 Å². The van der Waals surface area contributed by atoms with Crippen LogP contribution in [0.1, 0.15) is 59.4 Å². The number of aromatic nitrogens is 4. The van der Waals surface area contributed by atoms with Gasteiger partial charge in [-0.05, 0) is 52.7 Å². The number of nitrogens with one attached hydrogen (secondary N) is 1. The van der Waals surface area contributed by atoms with Gasteiger partial charge in [0.2, 0.25) is 5.91 Å². The van der Waals surface area contributed by atoms with E-state index in [4.69, 9.17) is 4.98 Å². The standard InChI is InChI=1S/C26H36N6O2S/c1-18(2)30(19(3)4)15-16-31-25(34)21-11-7-8-12-22(21)28-26(31)35-17-24(33)29-23-13-14-27-32(23)20-9-5-6-10-20/h7-8,11-14,18-20H,5-6,9-10,15-17H2,1-4H3,(H,29,33). The summed E-state index contributed by atoms with van der Waals surface area (Å²) in [4.78, 5) is 33.3. The number of thioether (sulfide) groups is 1. The van der Waals surface area contributed by atoms with Crippen molar-refractivity contribution in [2.45, 2.75) is 83.2 Å². The third kappa shape index (κ3) is 5.95. The van der Waals surface area contributed by atoms with E-state index in [9.17, 15) is 9.59 Å².